The van der Waals surface area contributed by atoms with Gasteiger partial charge < -0.3 is 30.5 Å². The van der Waals surface area contributed by atoms with Crippen molar-refractivity contribution in [2.75, 3.05) is 13.2 Å². The number of aromatic hydroxyl groups is 2. The first-order valence-corrected chi connectivity index (χ1v) is 10.9. The average Bonchev–Trinajstić information content (AvgIpc) is 2.76. The summed E-state index contributed by atoms with van der Waals surface area (Å²) in [6, 6.07) is 6.24. The van der Waals surface area contributed by atoms with Crippen LogP contribution < -0.4 is 5.73 Å². The van der Waals surface area contributed by atoms with Crippen LogP contribution in [0.2, 0.25) is 0 Å². The summed E-state index contributed by atoms with van der Waals surface area (Å²) in [5.41, 5.74) is 5.10. The van der Waals surface area contributed by atoms with Crippen LogP contribution in [0.25, 0.3) is 0 Å². The smallest absolute Gasteiger partial charge is 0.198 e. The third-order valence-electron chi connectivity index (χ3n) is 7.22. The Morgan fingerprint density at radius 2 is 1.45 bits per heavy atom. The number of hydrogen-bond acceptors (Lipinski definition) is 8. The van der Waals surface area contributed by atoms with Gasteiger partial charge in [0, 0.05) is 34.1 Å². The van der Waals surface area contributed by atoms with Crippen LogP contribution in [-0.2, 0) is 15.9 Å². The van der Waals surface area contributed by atoms with Crippen LogP contribution in [0.15, 0.2) is 24.3 Å². The molecule has 1 heterocycles. The Hall–Kier alpha value is -2.78. The Labute approximate surface area is 190 Å². The maximum absolute atomic E-state index is 13.2. The van der Waals surface area contributed by atoms with Gasteiger partial charge in [-0.05, 0) is 13.3 Å². The van der Waals surface area contributed by atoms with Gasteiger partial charge >= 0.3 is 0 Å². The summed E-state index contributed by atoms with van der Waals surface area (Å²) in [7, 11) is 0. The fourth-order valence-corrected chi connectivity index (χ4v) is 5.14. The first kappa shape index (κ1) is 22.0. The normalized spacial score (nSPS) is 27.5. The van der Waals surface area contributed by atoms with Crippen molar-refractivity contribution in [1.82, 2.24) is 0 Å². The Morgan fingerprint density at radius 3 is 2.00 bits per heavy atom. The average molecular weight is 453 g/mol. The summed E-state index contributed by atoms with van der Waals surface area (Å²) in [5.74, 6) is -3.39. The molecule has 8 nitrogen and oxygen atoms in total. The molecule has 0 unspecified atom stereocenters. The summed E-state index contributed by atoms with van der Waals surface area (Å²) in [4.78, 5) is 26.4. The minimum Gasteiger partial charge on any atom is -0.507 e. The third kappa shape index (κ3) is 2.98. The molecule has 1 fully saturated rings. The van der Waals surface area contributed by atoms with Gasteiger partial charge in [0.25, 0.3) is 0 Å². The number of fused-ring (bicyclic) bond motifs is 3. The van der Waals surface area contributed by atoms with Crippen LogP contribution in [0.3, 0.4) is 0 Å². The number of ketones is 2. The van der Waals surface area contributed by atoms with Crippen molar-refractivity contribution in [3.8, 4) is 11.5 Å². The number of aliphatic hydroxyl groups excluding tert-OH is 1. The van der Waals surface area contributed by atoms with E-state index in [1.54, 1.807) is 19.1 Å². The lowest BCUT2D eigenvalue weighted by Gasteiger charge is -2.53. The number of ether oxygens (including phenoxy) is 2. The van der Waals surface area contributed by atoms with E-state index < -0.39 is 40.5 Å². The van der Waals surface area contributed by atoms with Crippen LogP contribution in [0, 0.1) is 5.41 Å². The molecule has 0 aromatic heterocycles. The zero-order valence-corrected chi connectivity index (χ0v) is 18.8. The van der Waals surface area contributed by atoms with E-state index in [0.717, 1.165) is 0 Å². The molecule has 2 atom stereocenters. The van der Waals surface area contributed by atoms with Crippen molar-refractivity contribution < 1.29 is 34.4 Å². The quantitative estimate of drug-likeness (QED) is 0.412. The predicted octanol–water partition coefficient (Wildman–Crippen LogP) is 2.34. The minimum atomic E-state index is -1.31. The number of carbonyl (C=O) groups excluding carboxylic acids is 2. The van der Waals surface area contributed by atoms with Crippen LogP contribution in [0.5, 0.6) is 11.5 Å². The molecule has 2 aromatic rings. The Balaban J connectivity index is 1.65. The highest BCUT2D eigenvalue weighted by Crippen LogP contribution is 2.52. The first-order chi connectivity index (χ1) is 15.4. The molecule has 3 aliphatic rings. The number of carbonyl (C=O) groups is 2. The number of aliphatic hydroxyl groups is 1. The standard InChI is InChI=1S/C25H27NO7/c1-23(2)10-32-24(3,33-11-23)25(26)8-14-16(15(27)9-25)22(31)18-17(21(14)30)19(28)12-6-4-5-7-13(12)20(18)29/h4-7,15,27,30-31H,8-11,26H2,1-3H3/t15-,25-/m0/s1. The number of rotatable bonds is 1. The summed E-state index contributed by atoms with van der Waals surface area (Å²) in [6.07, 6.45) is -1.39. The Bertz CT molecular complexity index is 1210. The highest BCUT2D eigenvalue weighted by molar-refractivity contribution is 6.30. The number of nitrogens with two attached hydrogens (primary N) is 1. The van der Waals surface area contributed by atoms with Gasteiger partial charge in [-0.1, -0.05) is 38.1 Å². The van der Waals surface area contributed by atoms with Crippen LogP contribution in [0.4, 0.5) is 0 Å². The lowest BCUT2D eigenvalue weighted by atomic mass is 9.69. The molecule has 8 heteroatoms. The summed E-state index contributed by atoms with van der Waals surface area (Å²) >= 11 is 0. The maximum Gasteiger partial charge on any atom is 0.198 e. The molecule has 1 aliphatic heterocycles. The van der Waals surface area contributed by atoms with Crippen molar-refractivity contribution in [3.05, 3.63) is 57.6 Å². The lowest BCUT2D eigenvalue weighted by molar-refractivity contribution is -0.321. The van der Waals surface area contributed by atoms with Crippen molar-refractivity contribution in [2.24, 2.45) is 11.1 Å². The molecule has 2 aliphatic carbocycles. The molecule has 33 heavy (non-hydrogen) atoms. The van der Waals surface area contributed by atoms with Gasteiger partial charge in [0.05, 0.1) is 36.0 Å². The summed E-state index contributed by atoms with van der Waals surface area (Å²) in [5, 5.41) is 33.3. The van der Waals surface area contributed by atoms with Gasteiger partial charge in [0.1, 0.15) is 11.5 Å². The number of phenolic OH excluding ortho intramolecular Hbond substituents is 2. The van der Waals surface area contributed by atoms with Crippen LogP contribution in [0.1, 0.15) is 76.3 Å². The summed E-state index contributed by atoms with van der Waals surface area (Å²) in [6.45, 7) is 6.46. The molecule has 0 bridgehead atoms. The van der Waals surface area contributed by atoms with Gasteiger partial charge in [-0.2, -0.15) is 0 Å². The largest absolute Gasteiger partial charge is 0.507 e. The molecule has 5 N–H and O–H groups in total. The molecule has 0 saturated carbocycles. The molecule has 0 radical (unpaired) electrons. The topological polar surface area (TPSA) is 139 Å². The summed E-state index contributed by atoms with van der Waals surface area (Å²) < 4.78 is 12.1. The van der Waals surface area contributed by atoms with Crippen LogP contribution in [-0.4, -0.2) is 51.4 Å². The highest BCUT2D eigenvalue weighted by atomic mass is 16.7. The monoisotopic (exact) mass is 453 g/mol. The highest BCUT2D eigenvalue weighted by Gasteiger charge is 2.56. The second kappa shape index (κ2) is 6.87. The van der Waals surface area contributed by atoms with Gasteiger partial charge in [-0.25, -0.2) is 0 Å². The molecule has 1 saturated heterocycles. The number of benzene rings is 2. The fourth-order valence-electron chi connectivity index (χ4n) is 5.14. The van der Waals surface area contributed by atoms with E-state index in [4.69, 9.17) is 15.2 Å². The number of hydrogen-bond donors (Lipinski definition) is 4. The molecular formula is C25H27NO7. The van der Waals surface area contributed by atoms with Crippen LogP contribution >= 0.6 is 0 Å². The minimum absolute atomic E-state index is 0.00703. The zero-order chi connectivity index (χ0) is 23.9. The van der Waals surface area contributed by atoms with Gasteiger partial charge in [-0.3, -0.25) is 9.59 Å². The van der Waals surface area contributed by atoms with Gasteiger partial charge in [0.15, 0.2) is 17.4 Å². The fraction of sp³-hybridized carbons (Fsp3) is 0.440. The molecule has 174 valence electrons. The van der Waals surface area contributed by atoms with E-state index in [1.807, 2.05) is 13.8 Å². The van der Waals surface area contributed by atoms with E-state index in [9.17, 15) is 24.9 Å². The van der Waals surface area contributed by atoms with Gasteiger partial charge in [-0.15, -0.1) is 0 Å². The van der Waals surface area contributed by atoms with E-state index in [1.165, 1.54) is 12.1 Å². The second-order valence-electron chi connectivity index (χ2n) is 10.3. The van der Waals surface area contributed by atoms with E-state index in [0.29, 0.717) is 13.2 Å². The lowest BCUT2D eigenvalue weighted by Crippen LogP contribution is -2.67. The van der Waals surface area contributed by atoms with E-state index in [-0.39, 0.29) is 51.6 Å². The molecule has 5 rings (SSSR count). The molecule has 0 spiro atoms. The van der Waals surface area contributed by atoms with Crippen molar-refractivity contribution in [2.45, 2.75) is 51.0 Å². The first-order valence-electron chi connectivity index (χ1n) is 10.9. The number of phenols is 2. The van der Waals surface area contributed by atoms with Crippen molar-refractivity contribution in [1.29, 1.82) is 0 Å². The molecule has 2 aromatic carbocycles. The third-order valence-corrected chi connectivity index (χ3v) is 7.22. The second-order valence-corrected chi connectivity index (χ2v) is 10.3. The molecular weight excluding hydrogens is 426 g/mol. The van der Waals surface area contributed by atoms with Gasteiger partial charge in [0.2, 0.25) is 0 Å². The molecule has 0 amide bonds. The SMILES string of the molecule is CC1(C)COC(C)([C@]2(N)Cc3c(O)c4c(c(O)c3[C@@H](O)C2)C(=O)c2ccccc2C4=O)OC1. The Kier molecular flexibility index (Phi) is 4.58. The van der Waals surface area contributed by atoms with E-state index >= 15 is 0 Å². The Morgan fingerprint density at radius 1 is 0.939 bits per heavy atom. The van der Waals surface area contributed by atoms with E-state index in [2.05, 4.69) is 0 Å². The zero-order valence-electron chi connectivity index (χ0n) is 18.8. The van der Waals surface area contributed by atoms with Crippen molar-refractivity contribution >= 4 is 11.6 Å². The van der Waals surface area contributed by atoms with Crippen molar-refractivity contribution in [3.63, 3.8) is 0 Å². The predicted molar refractivity (Wildman–Crippen MR) is 117 cm³/mol. The maximum atomic E-state index is 13.2.